The van der Waals surface area contributed by atoms with Gasteiger partial charge in [-0.2, -0.15) is 0 Å². The summed E-state index contributed by atoms with van der Waals surface area (Å²) in [6, 6.07) is 11.9. The third-order valence-electron chi connectivity index (χ3n) is 11.3. The number of ether oxygens (including phenoxy) is 4. The van der Waals surface area contributed by atoms with Gasteiger partial charge in [0.25, 0.3) is 5.91 Å². The van der Waals surface area contributed by atoms with E-state index >= 15 is 0 Å². The standard InChI is InChI=1S/C41H50ClN5O9S2/c1-25(58-57)24-55-41(52)47-31-21-35(34(53-3)20-28(31)38(49)45-14-9-12-30(45)39(47)50)54-19-8-4-5-13-36(48)46-23-29(42)37-27-11-7-6-10-26(27)33(22-32(37)46)56-40(51)44-17-15-43(2)16-18-44/h6-7,10-11,20-22,25,29-30,39,50,57H,4-5,8-9,12-19,23-24H2,1-3H3/t25?,29-,30+,39?/m1/s1. The second kappa shape index (κ2) is 18.4. The number of alkyl halides is 1. The number of carbonyl (C=O) groups excluding carboxylic acids is 4. The van der Waals surface area contributed by atoms with Crippen LogP contribution < -0.4 is 24.0 Å². The number of halogens is 1. The number of amides is 4. The minimum atomic E-state index is -1.32. The molecule has 0 radical (unpaired) electrons. The van der Waals surface area contributed by atoms with Crippen LogP contribution in [-0.2, 0) is 9.53 Å². The molecule has 17 heteroatoms. The molecule has 2 fully saturated rings. The number of aliphatic hydroxyl groups excluding tert-OH is 1. The number of piperazine rings is 1. The Bertz CT molecular complexity index is 2040. The number of methoxy groups -OCH3 is 1. The molecule has 312 valence electrons. The highest BCUT2D eigenvalue weighted by molar-refractivity contribution is 8.68. The lowest BCUT2D eigenvalue weighted by Crippen LogP contribution is -2.51. The minimum Gasteiger partial charge on any atom is -0.493 e. The van der Waals surface area contributed by atoms with Crippen LogP contribution >= 0.6 is 34.1 Å². The van der Waals surface area contributed by atoms with E-state index < -0.39 is 29.8 Å². The zero-order valence-corrected chi connectivity index (χ0v) is 35.4. The quantitative estimate of drug-likeness (QED) is 0.0870. The summed E-state index contributed by atoms with van der Waals surface area (Å²) < 4.78 is 23.3. The number of rotatable bonds is 12. The molecule has 2 saturated heterocycles. The second-order valence-electron chi connectivity index (χ2n) is 15.1. The molecule has 4 atom stereocenters. The summed E-state index contributed by atoms with van der Waals surface area (Å²) in [4.78, 5) is 62.5. The largest absolute Gasteiger partial charge is 0.493 e. The smallest absolute Gasteiger partial charge is 0.416 e. The fraction of sp³-hybridized carbons (Fsp3) is 0.512. The molecule has 1 N–H and O–H groups in total. The van der Waals surface area contributed by atoms with Crippen molar-refractivity contribution >= 4 is 80.2 Å². The number of thiol groups is 1. The fourth-order valence-electron chi connectivity index (χ4n) is 8.10. The molecule has 14 nitrogen and oxygen atoms in total. The van der Waals surface area contributed by atoms with Crippen molar-refractivity contribution in [2.45, 2.75) is 68.3 Å². The van der Waals surface area contributed by atoms with E-state index in [0.717, 1.165) is 34.3 Å². The average Bonchev–Trinajstić information content (AvgIpc) is 3.84. The van der Waals surface area contributed by atoms with Gasteiger partial charge >= 0.3 is 12.2 Å². The lowest BCUT2D eigenvalue weighted by atomic mass is 10.0. The molecule has 4 heterocycles. The van der Waals surface area contributed by atoms with Crippen LogP contribution in [0.5, 0.6) is 17.2 Å². The van der Waals surface area contributed by atoms with Gasteiger partial charge in [0.2, 0.25) is 5.91 Å². The third kappa shape index (κ3) is 8.62. The molecule has 4 amide bonds. The lowest BCUT2D eigenvalue weighted by molar-refractivity contribution is -0.118. The number of aliphatic hydroxyl groups is 1. The van der Waals surface area contributed by atoms with E-state index in [1.165, 1.54) is 17.9 Å². The Hall–Kier alpha value is -4.09. The van der Waals surface area contributed by atoms with Gasteiger partial charge in [-0.1, -0.05) is 35.1 Å². The van der Waals surface area contributed by atoms with Gasteiger partial charge in [0, 0.05) is 74.0 Å². The Kier molecular flexibility index (Phi) is 13.4. The van der Waals surface area contributed by atoms with Crippen molar-refractivity contribution < 1.29 is 43.2 Å². The number of unbranched alkanes of at least 4 members (excludes halogenated alkanes) is 2. The van der Waals surface area contributed by atoms with Gasteiger partial charge in [-0.05, 0) is 57.5 Å². The number of anilines is 2. The van der Waals surface area contributed by atoms with E-state index in [-0.39, 0.29) is 47.9 Å². The van der Waals surface area contributed by atoms with E-state index in [4.69, 9.17) is 30.5 Å². The zero-order chi connectivity index (χ0) is 41.1. The predicted octanol–water partition coefficient (Wildman–Crippen LogP) is 6.71. The molecule has 3 aromatic carbocycles. The summed E-state index contributed by atoms with van der Waals surface area (Å²) in [7, 11) is 4.75. The molecule has 4 aliphatic heterocycles. The minimum absolute atomic E-state index is 0.0666. The van der Waals surface area contributed by atoms with Crippen LogP contribution in [0.2, 0.25) is 0 Å². The van der Waals surface area contributed by atoms with Crippen molar-refractivity contribution in [3.63, 3.8) is 0 Å². The lowest BCUT2D eigenvalue weighted by Gasteiger charge is -2.32. The van der Waals surface area contributed by atoms with Crippen LogP contribution in [0, 0.1) is 0 Å². The maximum absolute atomic E-state index is 13.7. The highest BCUT2D eigenvalue weighted by atomic mass is 35.5. The SMILES string of the molecule is COc1cc2c(cc1OCCCCCC(=O)N1C[C@@H](Cl)c3c1cc(OC(=O)N1CCN(C)CC1)c1ccccc31)N(C(=O)OCC(C)SS)C(O)[C@@H]1CCCN1C2=O. The van der Waals surface area contributed by atoms with Crippen LogP contribution in [-0.4, -0.2) is 128 Å². The summed E-state index contributed by atoms with van der Waals surface area (Å²) in [5.41, 5.74) is 1.88. The summed E-state index contributed by atoms with van der Waals surface area (Å²) in [5.74, 6) is 0.621. The second-order valence-corrected chi connectivity index (χ2v) is 17.3. The van der Waals surface area contributed by atoms with Gasteiger partial charge < -0.3 is 43.7 Å². The van der Waals surface area contributed by atoms with Crippen LogP contribution in [0.3, 0.4) is 0 Å². The molecular weight excluding hydrogens is 806 g/mol. The monoisotopic (exact) mass is 855 g/mol. The van der Waals surface area contributed by atoms with E-state index in [1.807, 2.05) is 38.2 Å². The summed E-state index contributed by atoms with van der Waals surface area (Å²) in [5, 5.41) is 12.6. The number of hydrogen-bond acceptors (Lipinski definition) is 12. The predicted molar refractivity (Wildman–Crippen MR) is 227 cm³/mol. The Morgan fingerprint density at radius 1 is 0.966 bits per heavy atom. The average molecular weight is 856 g/mol. The zero-order valence-electron chi connectivity index (χ0n) is 32.9. The number of benzene rings is 3. The summed E-state index contributed by atoms with van der Waals surface area (Å²) >= 11 is 11.1. The number of fused-ring (bicyclic) bond motifs is 5. The maximum Gasteiger partial charge on any atom is 0.416 e. The molecule has 0 aliphatic carbocycles. The number of carbonyl (C=O) groups is 4. The van der Waals surface area contributed by atoms with Gasteiger partial charge in [-0.25, -0.2) is 14.5 Å². The number of likely N-dealkylation sites (N-methyl/N-ethyl adjacent to an activating group) is 1. The van der Waals surface area contributed by atoms with Crippen LogP contribution in [0.4, 0.5) is 21.0 Å². The Balaban J connectivity index is 0.998. The number of nitrogens with zero attached hydrogens (tertiary/aromatic N) is 5. The van der Waals surface area contributed by atoms with Crippen LogP contribution in [0.25, 0.3) is 10.8 Å². The first-order chi connectivity index (χ1) is 28.0. The van der Waals surface area contributed by atoms with Gasteiger partial charge in [-0.3, -0.25) is 9.59 Å². The molecule has 0 spiro atoms. The summed E-state index contributed by atoms with van der Waals surface area (Å²) in [6.45, 7) is 5.65. The van der Waals surface area contributed by atoms with E-state index in [0.29, 0.717) is 81.2 Å². The molecule has 7 rings (SSSR count). The molecule has 4 aliphatic rings. The maximum atomic E-state index is 13.7. The van der Waals surface area contributed by atoms with E-state index in [1.54, 1.807) is 32.9 Å². The van der Waals surface area contributed by atoms with Gasteiger partial charge in [0.15, 0.2) is 17.7 Å². The van der Waals surface area contributed by atoms with E-state index in [2.05, 4.69) is 16.6 Å². The Morgan fingerprint density at radius 3 is 2.45 bits per heavy atom. The van der Waals surface area contributed by atoms with Crippen molar-refractivity contribution in [1.29, 1.82) is 0 Å². The van der Waals surface area contributed by atoms with Crippen molar-refractivity contribution in [2.75, 3.05) is 76.4 Å². The topological polar surface area (TPSA) is 142 Å². The first-order valence-corrected chi connectivity index (χ1v) is 22.1. The van der Waals surface area contributed by atoms with Crippen molar-refractivity contribution in [3.8, 4) is 17.2 Å². The molecular formula is C41H50ClN5O9S2. The van der Waals surface area contributed by atoms with Crippen molar-refractivity contribution in [1.82, 2.24) is 14.7 Å². The first-order valence-electron chi connectivity index (χ1n) is 19.8. The first kappa shape index (κ1) is 42.0. The normalized spacial score (nSPS) is 21.0. The molecule has 58 heavy (non-hydrogen) atoms. The van der Waals surface area contributed by atoms with Gasteiger partial charge in [0.05, 0.1) is 42.1 Å². The molecule has 0 bridgehead atoms. The van der Waals surface area contributed by atoms with Crippen molar-refractivity contribution in [2.24, 2.45) is 0 Å². The molecule has 0 aromatic heterocycles. The molecule has 2 unspecified atom stereocenters. The number of hydrogen-bond donors (Lipinski definition) is 2. The van der Waals surface area contributed by atoms with Crippen LogP contribution in [0.15, 0.2) is 42.5 Å². The highest BCUT2D eigenvalue weighted by Gasteiger charge is 2.45. The van der Waals surface area contributed by atoms with Crippen molar-refractivity contribution in [3.05, 3.63) is 53.6 Å². The summed E-state index contributed by atoms with van der Waals surface area (Å²) in [6.07, 6.45) is 0.855. The Labute approximate surface area is 352 Å². The van der Waals surface area contributed by atoms with Crippen LogP contribution in [0.1, 0.15) is 66.7 Å². The Morgan fingerprint density at radius 2 is 1.71 bits per heavy atom. The molecule has 0 saturated carbocycles. The fourth-order valence-corrected chi connectivity index (χ4v) is 8.78. The molecule has 3 aromatic rings. The van der Waals surface area contributed by atoms with Gasteiger partial charge in [-0.15, -0.1) is 23.3 Å². The van der Waals surface area contributed by atoms with Gasteiger partial charge in [0.1, 0.15) is 12.4 Å². The van der Waals surface area contributed by atoms with E-state index in [9.17, 15) is 24.3 Å². The third-order valence-corrected chi connectivity index (χ3v) is 13.2. The highest BCUT2D eigenvalue weighted by Crippen LogP contribution is 2.47.